The lowest BCUT2D eigenvalue weighted by Gasteiger charge is -2.20. The summed E-state index contributed by atoms with van der Waals surface area (Å²) in [7, 11) is 2.61. The van der Waals surface area contributed by atoms with E-state index in [0.29, 0.717) is 36.6 Å². The Morgan fingerprint density at radius 3 is 1.84 bits per heavy atom. The second-order valence-electron chi connectivity index (χ2n) is 8.46. The van der Waals surface area contributed by atoms with Crippen LogP contribution in [-0.4, -0.2) is 62.4 Å². The molecule has 0 aliphatic carbocycles. The first-order valence-electron chi connectivity index (χ1n) is 12.1. The van der Waals surface area contributed by atoms with Gasteiger partial charge in [0.05, 0.1) is 14.2 Å². The van der Waals surface area contributed by atoms with Crippen molar-refractivity contribution in [2.24, 2.45) is 0 Å². The lowest BCUT2D eigenvalue weighted by molar-refractivity contribution is 0.105. The minimum Gasteiger partial charge on any atom is -0.504 e. The summed E-state index contributed by atoms with van der Waals surface area (Å²) in [6.45, 7) is 0.949. The van der Waals surface area contributed by atoms with Gasteiger partial charge in [-0.15, -0.1) is 0 Å². The van der Waals surface area contributed by atoms with Crippen molar-refractivity contribution < 1.29 is 34.0 Å². The van der Waals surface area contributed by atoms with Crippen LogP contribution in [0.2, 0.25) is 0 Å². The molecule has 0 aliphatic rings. The van der Waals surface area contributed by atoms with Gasteiger partial charge in [0, 0.05) is 23.8 Å². The van der Waals surface area contributed by atoms with E-state index in [4.69, 9.17) is 4.74 Å². The molecule has 0 saturated carbocycles. The number of para-hydroxylation sites is 2. The number of nitrogens with one attached hydrogen (secondary N) is 3. The number of benzene rings is 3. The van der Waals surface area contributed by atoms with E-state index in [1.807, 2.05) is 24.3 Å². The van der Waals surface area contributed by atoms with Crippen LogP contribution in [0.3, 0.4) is 0 Å². The summed E-state index contributed by atoms with van der Waals surface area (Å²) in [6, 6.07) is 21.6. The molecule has 38 heavy (non-hydrogen) atoms. The topological polar surface area (TPSA) is 138 Å². The van der Waals surface area contributed by atoms with E-state index in [1.54, 1.807) is 42.5 Å². The SMILES string of the molecule is COC(=O)Nc1ccc(C(CCNC[C@H](O)COc2ccccc2O)c2ccc(NC(=O)OC)cc2)cc1. The van der Waals surface area contributed by atoms with Crippen molar-refractivity contribution in [3.63, 3.8) is 0 Å². The lowest BCUT2D eigenvalue weighted by Crippen LogP contribution is -2.32. The lowest BCUT2D eigenvalue weighted by atomic mass is 9.88. The molecule has 0 spiro atoms. The molecule has 3 aromatic carbocycles. The van der Waals surface area contributed by atoms with Crippen LogP contribution >= 0.6 is 0 Å². The summed E-state index contributed by atoms with van der Waals surface area (Å²) in [5.74, 6) is 0.342. The Morgan fingerprint density at radius 1 is 0.816 bits per heavy atom. The van der Waals surface area contributed by atoms with Crippen molar-refractivity contribution in [2.45, 2.75) is 18.4 Å². The van der Waals surface area contributed by atoms with E-state index < -0.39 is 18.3 Å². The summed E-state index contributed by atoms with van der Waals surface area (Å²) in [6.07, 6.45) is -1.14. The fraction of sp³-hybridized carbons (Fsp3) is 0.286. The molecule has 10 heteroatoms. The van der Waals surface area contributed by atoms with Crippen LogP contribution in [0.1, 0.15) is 23.5 Å². The molecule has 1 atom stereocenters. The fourth-order valence-corrected chi connectivity index (χ4v) is 3.80. The summed E-state index contributed by atoms with van der Waals surface area (Å²) < 4.78 is 14.8. The summed E-state index contributed by atoms with van der Waals surface area (Å²) in [4.78, 5) is 23.0. The zero-order chi connectivity index (χ0) is 27.3. The fourth-order valence-electron chi connectivity index (χ4n) is 3.80. The molecular formula is C28H33N3O7. The number of aromatic hydroxyl groups is 1. The molecule has 3 rings (SSSR count). The number of carbonyl (C=O) groups excluding carboxylic acids is 2. The molecule has 0 bridgehead atoms. The molecule has 0 saturated heterocycles. The van der Waals surface area contributed by atoms with Gasteiger partial charge >= 0.3 is 12.2 Å². The van der Waals surface area contributed by atoms with Crippen LogP contribution in [0, 0.1) is 0 Å². The van der Waals surface area contributed by atoms with Crippen molar-refractivity contribution in [2.75, 3.05) is 44.5 Å². The van der Waals surface area contributed by atoms with Crippen LogP contribution in [0.15, 0.2) is 72.8 Å². The highest BCUT2D eigenvalue weighted by Crippen LogP contribution is 2.30. The molecular weight excluding hydrogens is 490 g/mol. The first kappa shape index (κ1) is 28.3. The third-order valence-electron chi connectivity index (χ3n) is 5.78. The van der Waals surface area contributed by atoms with Gasteiger partial charge in [-0.2, -0.15) is 0 Å². The predicted molar refractivity (Wildman–Crippen MR) is 144 cm³/mol. The number of ether oxygens (including phenoxy) is 3. The van der Waals surface area contributed by atoms with Crippen LogP contribution in [-0.2, 0) is 9.47 Å². The molecule has 0 unspecified atom stereocenters. The first-order valence-corrected chi connectivity index (χ1v) is 12.1. The van der Waals surface area contributed by atoms with Gasteiger partial charge in [-0.1, -0.05) is 36.4 Å². The molecule has 0 aliphatic heterocycles. The maximum Gasteiger partial charge on any atom is 0.411 e. The van der Waals surface area contributed by atoms with E-state index in [2.05, 4.69) is 25.4 Å². The third kappa shape index (κ3) is 8.68. The maximum absolute atomic E-state index is 11.5. The molecule has 5 N–H and O–H groups in total. The van der Waals surface area contributed by atoms with E-state index in [0.717, 1.165) is 11.1 Å². The summed E-state index contributed by atoms with van der Waals surface area (Å²) in [5, 5.41) is 28.6. The van der Waals surface area contributed by atoms with Gasteiger partial charge < -0.3 is 29.7 Å². The van der Waals surface area contributed by atoms with Crippen molar-refractivity contribution in [1.82, 2.24) is 5.32 Å². The van der Waals surface area contributed by atoms with Gasteiger partial charge in [-0.05, 0) is 60.5 Å². The predicted octanol–water partition coefficient (Wildman–Crippen LogP) is 4.30. The molecule has 10 nitrogen and oxygen atoms in total. The third-order valence-corrected chi connectivity index (χ3v) is 5.78. The van der Waals surface area contributed by atoms with Crippen molar-refractivity contribution in [3.05, 3.63) is 83.9 Å². The van der Waals surface area contributed by atoms with Gasteiger partial charge in [0.1, 0.15) is 12.7 Å². The van der Waals surface area contributed by atoms with Crippen LogP contribution in [0.4, 0.5) is 21.0 Å². The molecule has 0 aromatic heterocycles. The normalized spacial score (nSPS) is 11.5. The number of phenols is 1. The maximum atomic E-state index is 11.5. The van der Waals surface area contributed by atoms with Gasteiger partial charge in [0.2, 0.25) is 0 Å². The smallest absolute Gasteiger partial charge is 0.411 e. The van der Waals surface area contributed by atoms with Crippen LogP contribution < -0.4 is 20.7 Å². The highest BCUT2D eigenvalue weighted by atomic mass is 16.5. The van der Waals surface area contributed by atoms with E-state index >= 15 is 0 Å². The molecule has 0 radical (unpaired) electrons. The highest BCUT2D eigenvalue weighted by molar-refractivity contribution is 5.85. The van der Waals surface area contributed by atoms with E-state index in [9.17, 15) is 19.8 Å². The Balaban J connectivity index is 1.62. The quantitative estimate of drug-likeness (QED) is 0.222. The second kappa shape index (κ2) is 14.5. The van der Waals surface area contributed by atoms with Crippen molar-refractivity contribution in [3.8, 4) is 11.5 Å². The highest BCUT2D eigenvalue weighted by Gasteiger charge is 2.16. The molecule has 0 heterocycles. The Labute approximate surface area is 221 Å². The molecule has 202 valence electrons. The summed E-state index contributed by atoms with van der Waals surface area (Å²) >= 11 is 0. The van der Waals surface area contributed by atoms with Crippen molar-refractivity contribution in [1.29, 1.82) is 0 Å². The molecule has 2 amide bonds. The number of rotatable bonds is 12. The molecule has 0 fully saturated rings. The summed E-state index contributed by atoms with van der Waals surface area (Å²) in [5.41, 5.74) is 3.28. The van der Waals surface area contributed by atoms with Gasteiger partial charge in [-0.3, -0.25) is 10.6 Å². The number of anilines is 2. The van der Waals surface area contributed by atoms with E-state index in [-0.39, 0.29) is 18.3 Å². The Bertz CT molecular complexity index is 1110. The van der Waals surface area contributed by atoms with Crippen molar-refractivity contribution >= 4 is 23.6 Å². The number of hydrogen-bond acceptors (Lipinski definition) is 8. The van der Waals surface area contributed by atoms with Gasteiger partial charge in [0.15, 0.2) is 11.5 Å². The van der Waals surface area contributed by atoms with Crippen LogP contribution in [0.5, 0.6) is 11.5 Å². The average Bonchev–Trinajstić information content (AvgIpc) is 2.93. The number of methoxy groups -OCH3 is 2. The first-order chi connectivity index (χ1) is 18.4. The van der Waals surface area contributed by atoms with Gasteiger partial charge in [0.25, 0.3) is 0 Å². The molecule has 3 aromatic rings. The minimum atomic E-state index is -0.764. The standard InChI is InChI=1S/C28H33N3O7/c1-36-27(34)30-21-11-7-19(8-12-21)24(20-9-13-22(14-10-20)31-28(35)37-2)15-16-29-17-23(32)18-38-26-6-4-3-5-25(26)33/h3-14,23-24,29,32-33H,15-18H2,1-2H3,(H,30,34)(H,31,35)/t23-/m0/s1. The number of phenolic OH excluding ortho intramolecular Hbond substituents is 1. The largest absolute Gasteiger partial charge is 0.504 e. The number of aliphatic hydroxyl groups excluding tert-OH is 1. The zero-order valence-electron chi connectivity index (χ0n) is 21.3. The Morgan fingerprint density at radius 2 is 1.34 bits per heavy atom. The minimum absolute atomic E-state index is 0.00323. The zero-order valence-corrected chi connectivity index (χ0v) is 21.3. The second-order valence-corrected chi connectivity index (χ2v) is 8.46. The van der Waals surface area contributed by atoms with E-state index in [1.165, 1.54) is 20.3 Å². The number of hydrogen-bond donors (Lipinski definition) is 5. The van der Waals surface area contributed by atoms with Gasteiger partial charge in [-0.25, -0.2) is 9.59 Å². The number of carbonyl (C=O) groups is 2. The number of aliphatic hydroxyl groups is 1. The Hall–Kier alpha value is -4.28. The Kier molecular flexibility index (Phi) is 10.8. The number of amides is 2. The monoisotopic (exact) mass is 523 g/mol. The van der Waals surface area contributed by atoms with Crippen LogP contribution in [0.25, 0.3) is 0 Å². The average molecular weight is 524 g/mol.